The molecule has 4 heteroatoms. The summed E-state index contributed by atoms with van der Waals surface area (Å²) in [6, 6.07) is 63.1. The van der Waals surface area contributed by atoms with Gasteiger partial charge >= 0.3 is 0 Å². The molecule has 70 heavy (non-hydrogen) atoms. The Bertz CT molecular complexity index is 3700. The topological polar surface area (TPSA) is 32.8 Å². The highest BCUT2D eigenvalue weighted by molar-refractivity contribution is 6.29. The zero-order chi connectivity index (χ0) is 48.4. The molecule has 12 rings (SSSR count). The van der Waals surface area contributed by atoms with E-state index in [2.05, 4.69) is 249 Å². The van der Waals surface area contributed by atoms with Gasteiger partial charge in [0.1, 0.15) is 11.2 Å². The van der Waals surface area contributed by atoms with Crippen LogP contribution in [0.1, 0.15) is 103 Å². The maximum atomic E-state index is 7.12. The van der Waals surface area contributed by atoms with E-state index in [9.17, 15) is 0 Å². The quantitative estimate of drug-likeness (QED) is 0.142. The molecule has 12 aromatic rings. The zero-order valence-electron chi connectivity index (χ0n) is 42.0. The van der Waals surface area contributed by atoms with Gasteiger partial charge in [0.15, 0.2) is 11.2 Å². The third kappa shape index (κ3) is 6.86. The minimum absolute atomic E-state index is 0.0909. The van der Waals surface area contributed by atoms with E-state index in [0.29, 0.717) is 11.8 Å². The molecule has 346 valence electrons. The van der Waals surface area contributed by atoms with Crippen LogP contribution in [0.2, 0.25) is 0 Å². The zero-order valence-corrected chi connectivity index (χ0v) is 42.0. The van der Waals surface area contributed by atoms with E-state index < -0.39 is 0 Å². The molecule has 0 aliphatic rings. The van der Waals surface area contributed by atoms with Crippen LogP contribution in [0.15, 0.2) is 179 Å². The summed E-state index contributed by atoms with van der Waals surface area (Å²) in [5, 5.41) is 11.7. The van der Waals surface area contributed by atoms with Gasteiger partial charge in [-0.25, -0.2) is 0 Å². The maximum absolute atomic E-state index is 7.12. The first-order valence-electron chi connectivity index (χ1n) is 25.1. The number of rotatable bonds is 8. The van der Waals surface area contributed by atoms with E-state index in [0.717, 1.165) is 78.0 Å². The van der Waals surface area contributed by atoms with Crippen molar-refractivity contribution in [2.75, 3.05) is 9.80 Å². The van der Waals surface area contributed by atoms with Crippen molar-refractivity contribution in [1.82, 2.24) is 0 Å². The summed E-state index contributed by atoms with van der Waals surface area (Å²) in [6.07, 6.45) is 0. The van der Waals surface area contributed by atoms with E-state index in [1.165, 1.54) is 54.6 Å². The van der Waals surface area contributed by atoms with Crippen LogP contribution in [0.4, 0.5) is 34.1 Å². The van der Waals surface area contributed by atoms with Gasteiger partial charge < -0.3 is 18.6 Å². The van der Waals surface area contributed by atoms with Gasteiger partial charge in [-0.3, -0.25) is 0 Å². The molecule has 4 nitrogen and oxygen atoms in total. The van der Waals surface area contributed by atoms with Gasteiger partial charge in [0.2, 0.25) is 0 Å². The van der Waals surface area contributed by atoms with E-state index in [1.807, 2.05) is 0 Å². The van der Waals surface area contributed by atoms with Crippen LogP contribution in [0.25, 0.3) is 76.2 Å². The largest absolute Gasteiger partial charge is 0.454 e. The number of para-hydroxylation sites is 4. The van der Waals surface area contributed by atoms with Crippen LogP contribution in [0, 0.1) is 0 Å². The molecule has 0 N–H and O–H groups in total. The fourth-order valence-corrected chi connectivity index (χ4v) is 11.1. The Morgan fingerprint density at radius 3 is 1.03 bits per heavy atom. The maximum Gasteiger partial charge on any atom is 0.159 e. The predicted molar refractivity (Wildman–Crippen MR) is 300 cm³/mol. The fraction of sp³-hybridized carbons (Fsp3) is 0.212. The second-order valence-electron chi connectivity index (χ2n) is 22.1. The summed E-state index contributed by atoms with van der Waals surface area (Å²) in [4.78, 5) is 4.85. The van der Waals surface area contributed by atoms with Crippen molar-refractivity contribution in [2.24, 2.45) is 0 Å². The minimum atomic E-state index is -0.0909. The number of nitrogens with zero attached hydrogens (tertiary/aromatic N) is 2. The monoisotopic (exact) mass is 912 g/mol. The molecule has 2 heterocycles. The molecule has 0 bridgehead atoms. The summed E-state index contributed by atoms with van der Waals surface area (Å²) < 4.78 is 14.2. The molecule has 0 aliphatic carbocycles. The first kappa shape index (κ1) is 43.7. The average Bonchev–Trinajstić information content (AvgIpc) is 3.93. The molecule has 0 saturated heterocycles. The summed E-state index contributed by atoms with van der Waals surface area (Å²) in [7, 11) is 0. The summed E-state index contributed by atoms with van der Waals surface area (Å²) in [5.41, 5.74) is 14.8. The van der Waals surface area contributed by atoms with Crippen LogP contribution >= 0.6 is 0 Å². The lowest BCUT2D eigenvalue weighted by Crippen LogP contribution is -2.12. The highest BCUT2D eigenvalue weighted by Crippen LogP contribution is 2.51. The van der Waals surface area contributed by atoms with Crippen molar-refractivity contribution >= 4 is 110 Å². The number of benzene rings is 10. The first-order valence-corrected chi connectivity index (χ1v) is 25.1. The van der Waals surface area contributed by atoms with Gasteiger partial charge in [-0.1, -0.05) is 191 Å². The highest BCUT2D eigenvalue weighted by atomic mass is 16.3. The van der Waals surface area contributed by atoms with Crippen molar-refractivity contribution in [1.29, 1.82) is 0 Å². The van der Waals surface area contributed by atoms with Crippen molar-refractivity contribution in [3.63, 3.8) is 0 Å². The number of hydrogen-bond donors (Lipinski definition) is 0. The van der Waals surface area contributed by atoms with E-state index >= 15 is 0 Å². The van der Waals surface area contributed by atoms with Gasteiger partial charge in [-0.2, -0.15) is 0 Å². The first-order chi connectivity index (χ1) is 33.7. The summed E-state index contributed by atoms with van der Waals surface area (Å²) in [6.45, 7) is 22.6. The summed E-state index contributed by atoms with van der Waals surface area (Å²) >= 11 is 0. The van der Waals surface area contributed by atoms with Crippen LogP contribution in [-0.2, 0) is 10.8 Å². The molecular weight excluding hydrogens is 853 g/mol. The van der Waals surface area contributed by atoms with Crippen LogP contribution in [0.5, 0.6) is 0 Å². The molecule has 0 radical (unpaired) electrons. The lowest BCUT2D eigenvalue weighted by molar-refractivity contribution is 0.572. The Kier molecular flexibility index (Phi) is 9.99. The third-order valence-electron chi connectivity index (χ3n) is 14.8. The Morgan fingerprint density at radius 2 is 0.671 bits per heavy atom. The molecule has 0 aliphatic heterocycles. The van der Waals surface area contributed by atoms with Gasteiger partial charge in [-0.15, -0.1) is 0 Å². The number of hydrogen-bond acceptors (Lipinski definition) is 4. The molecule has 0 amide bonds. The van der Waals surface area contributed by atoms with Gasteiger partial charge in [0.25, 0.3) is 0 Å². The smallest absolute Gasteiger partial charge is 0.159 e. The number of anilines is 6. The predicted octanol–water partition coefficient (Wildman–Crippen LogP) is 20.2. The third-order valence-corrected chi connectivity index (χ3v) is 14.8. The fourth-order valence-electron chi connectivity index (χ4n) is 11.1. The van der Waals surface area contributed by atoms with E-state index in [4.69, 9.17) is 8.83 Å². The molecule has 0 unspecified atom stereocenters. The lowest BCUT2D eigenvalue weighted by Gasteiger charge is -2.29. The highest BCUT2D eigenvalue weighted by Gasteiger charge is 2.28. The number of fused-ring (bicyclic) bond motifs is 6. The normalized spacial score (nSPS) is 12.7. The number of furan rings is 2. The molecule has 0 saturated carbocycles. The van der Waals surface area contributed by atoms with Crippen molar-refractivity contribution in [3.05, 3.63) is 192 Å². The molecule has 0 spiro atoms. The second kappa shape index (κ2) is 16.0. The SMILES string of the molecule is CC(C)c1ccc(N(c2ccc3ccc4c(N(c5ccc(C(C)C)cc5)c5cccc6c5oc5c(C(C)(C)C)cccc56)ccc5ccc2c3c54)c2cccc3c2oc2c(C(C)(C)C)cccc23)cc1. The Labute approximate surface area is 411 Å². The molecule has 2 aromatic heterocycles. The molecule has 10 aromatic carbocycles. The molecule has 0 atom stereocenters. The van der Waals surface area contributed by atoms with Crippen LogP contribution < -0.4 is 9.80 Å². The second-order valence-corrected chi connectivity index (χ2v) is 22.1. The molecular formula is C66H60N2O2. The van der Waals surface area contributed by atoms with Crippen molar-refractivity contribution in [2.45, 2.75) is 91.9 Å². The molecule has 0 fully saturated rings. The Morgan fingerprint density at radius 1 is 0.329 bits per heavy atom. The van der Waals surface area contributed by atoms with E-state index in [-0.39, 0.29) is 10.8 Å². The van der Waals surface area contributed by atoms with Crippen LogP contribution in [0.3, 0.4) is 0 Å². The van der Waals surface area contributed by atoms with Gasteiger partial charge in [0, 0.05) is 54.8 Å². The van der Waals surface area contributed by atoms with Gasteiger partial charge in [-0.05, 0) is 104 Å². The standard InChI is InChI=1S/C66H60N2O2/c1-39(2)41-23-31-45(32-24-41)67(57-21-13-17-49-47-15-11-19-53(65(5,6)7)61(47)69-63(49)57)55-37-29-43-28-36-52-56(38-30-44-27-35-51(55)59(43)60(44)52)68(46-33-25-42(26-34-46)40(3)4)58-22-14-18-50-48-16-12-20-54(66(8,9)10)62(48)70-64(50)58/h11-40H,1-10H3. The average molecular weight is 913 g/mol. The minimum Gasteiger partial charge on any atom is -0.454 e. The Hall–Kier alpha value is -7.56. The lowest BCUT2D eigenvalue weighted by atomic mass is 9.86. The van der Waals surface area contributed by atoms with Crippen LogP contribution in [-0.4, -0.2) is 0 Å². The Balaban J connectivity index is 1.12. The summed E-state index contributed by atoms with van der Waals surface area (Å²) in [5.74, 6) is 0.821. The van der Waals surface area contributed by atoms with E-state index in [1.54, 1.807) is 0 Å². The van der Waals surface area contributed by atoms with Crippen molar-refractivity contribution < 1.29 is 8.83 Å². The van der Waals surface area contributed by atoms with Gasteiger partial charge in [0.05, 0.1) is 22.7 Å². The van der Waals surface area contributed by atoms with Crippen molar-refractivity contribution in [3.8, 4) is 0 Å².